The fourth-order valence-electron chi connectivity index (χ4n) is 3.18. The quantitative estimate of drug-likeness (QED) is 0.750. The smallest absolute Gasteiger partial charge is 0.328 e. The van der Waals surface area contributed by atoms with Gasteiger partial charge in [0, 0.05) is 22.4 Å². The van der Waals surface area contributed by atoms with Gasteiger partial charge in [-0.25, -0.2) is 4.79 Å². The van der Waals surface area contributed by atoms with Gasteiger partial charge in [0.1, 0.15) is 0 Å². The third kappa shape index (κ3) is 4.85. The van der Waals surface area contributed by atoms with Crippen molar-refractivity contribution < 1.29 is 9.90 Å². The van der Waals surface area contributed by atoms with E-state index >= 15 is 0 Å². The second-order valence-electron chi connectivity index (χ2n) is 6.52. The number of hydrogen-bond donors (Lipinski definition) is 1. The maximum Gasteiger partial charge on any atom is 0.328 e. The molecule has 5 heteroatoms. The number of aliphatic carboxylic acids is 1. The Morgan fingerprint density at radius 2 is 2.00 bits per heavy atom. The van der Waals surface area contributed by atoms with Gasteiger partial charge in [0.15, 0.2) is 0 Å². The highest BCUT2D eigenvalue weighted by Crippen LogP contribution is 2.38. The van der Waals surface area contributed by atoms with E-state index in [1.165, 1.54) is 33.2 Å². The zero-order valence-corrected chi connectivity index (χ0v) is 16.7. The van der Waals surface area contributed by atoms with Crippen molar-refractivity contribution in [2.24, 2.45) is 0 Å². The van der Waals surface area contributed by atoms with Gasteiger partial charge in [0.05, 0.1) is 0 Å². The summed E-state index contributed by atoms with van der Waals surface area (Å²) >= 11 is 1.70. The number of carboxylic acid groups (broad SMARTS) is 1. The third-order valence-electron chi connectivity index (χ3n) is 4.36. The minimum atomic E-state index is -0.907. The maximum atomic E-state index is 10.8. The van der Waals surface area contributed by atoms with Gasteiger partial charge in [-0.15, -0.1) is 23.7 Å². The molecule has 1 aromatic carbocycles. The molecular weight excluding hydrogens is 366 g/mol. The number of nitrogens with zero attached hydrogens (tertiary/aromatic N) is 1. The Balaban J connectivity index is 0.00000243. The van der Waals surface area contributed by atoms with Crippen molar-refractivity contribution >= 4 is 41.4 Å². The molecule has 0 bridgehead atoms. The molecule has 0 saturated heterocycles. The van der Waals surface area contributed by atoms with Crippen LogP contribution >= 0.6 is 23.7 Å². The van der Waals surface area contributed by atoms with Crippen molar-refractivity contribution in [1.82, 2.24) is 4.90 Å². The summed E-state index contributed by atoms with van der Waals surface area (Å²) in [4.78, 5) is 15.3. The van der Waals surface area contributed by atoms with Gasteiger partial charge in [-0.05, 0) is 67.8 Å². The SMILES string of the molecule is CN(C)CC/C=C1\c2ccccc2CCc2sc(/C=C/C(=O)O)cc21.Cl. The summed E-state index contributed by atoms with van der Waals surface area (Å²) in [5.41, 5.74) is 5.26. The predicted molar refractivity (Wildman–Crippen MR) is 112 cm³/mol. The summed E-state index contributed by atoms with van der Waals surface area (Å²) in [6, 6.07) is 10.8. The van der Waals surface area contributed by atoms with Crippen LogP contribution in [0.3, 0.4) is 0 Å². The molecular formula is C21H24ClNO2S. The van der Waals surface area contributed by atoms with Crippen molar-refractivity contribution in [2.45, 2.75) is 19.3 Å². The first-order chi connectivity index (χ1) is 12.0. The Labute approximate surface area is 165 Å². The second-order valence-corrected chi connectivity index (χ2v) is 7.69. The van der Waals surface area contributed by atoms with Crippen molar-refractivity contribution in [3.05, 3.63) is 68.9 Å². The van der Waals surface area contributed by atoms with E-state index in [4.69, 9.17) is 5.11 Å². The summed E-state index contributed by atoms with van der Waals surface area (Å²) < 4.78 is 0. The number of halogens is 1. The average Bonchev–Trinajstić information content (AvgIpc) is 2.92. The number of carboxylic acids is 1. The van der Waals surface area contributed by atoms with E-state index in [-0.39, 0.29) is 12.4 Å². The largest absolute Gasteiger partial charge is 0.478 e. The molecule has 1 heterocycles. The molecule has 26 heavy (non-hydrogen) atoms. The number of hydrogen-bond acceptors (Lipinski definition) is 3. The summed E-state index contributed by atoms with van der Waals surface area (Å²) in [5.74, 6) is -0.907. The molecule has 1 aromatic heterocycles. The van der Waals surface area contributed by atoms with Crippen LogP contribution < -0.4 is 0 Å². The molecule has 0 radical (unpaired) electrons. The van der Waals surface area contributed by atoms with Gasteiger partial charge in [0.2, 0.25) is 0 Å². The molecule has 2 aromatic rings. The van der Waals surface area contributed by atoms with Crippen molar-refractivity contribution in [3.8, 4) is 0 Å². The van der Waals surface area contributed by atoms with Gasteiger partial charge in [-0.2, -0.15) is 0 Å². The highest BCUT2D eigenvalue weighted by molar-refractivity contribution is 7.13. The van der Waals surface area contributed by atoms with Crippen molar-refractivity contribution in [1.29, 1.82) is 0 Å². The number of aryl methyl sites for hydroxylation is 2. The Kier molecular flexibility index (Phi) is 7.21. The zero-order chi connectivity index (χ0) is 17.8. The summed E-state index contributed by atoms with van der Waals surface area (Å²) in [7, 11) is 4.18. The molecule has 0 atom stereocenters. The molecule has 1 N–H and O–H groups in total. The van der Waals surface area contributed by atoms with E-state index in [0.717, 1.165) is 30.7 Å². The molecule has 138 valence electrons. The molecule has 1 aliphatic rings. The van der Waals surface area contributed by atoms with Crippen LogP contribution in [0.4, 0.5) is 0 Å². The monoisotopic (exact) mass is 389 g/mol. The first-order valence-corrected chi connectivity index (χ1v) is 9.33. The first kappa shape index (κ1) is 20.4. The Morgan fingerprint density at radius 1 is 1.23 bits per heavy atom. The summed E-state index contributed by atoms with van der Waals surface area (Å²) in [6.45, 7) is 1.01. The molecule has 0 saturated carbocycles. The standard InChI is InChI=1S/C21H23NO2S.ClH/c1-22(2)13-5-8-18-17-7-4-3-6-15(17)9-11-20-19(18)14-16(25-20)10-12-21(23)24;/h3-4,6-8,10,12,14H,5,9,11,13H2,1-2H3,(H,23,24);1H/b12-10+,18-8+;. The van der Waals surface area contributed by atoms with Crippen molar-refractivity contribution in [2.75, 3.05) is 20.6 Å². The highest BCUT2D eigenvalue weighted by atomic mass is 35.5. The molecule has 1 aliphatic carbocycles. The highest BCUT2D eigenvalue weighted by Gasteiger charge is 2.20. The normalized spacial score (nSPS) is 14.8. The number of rotatable bonds is 5. The molecule has 3 rings (SSSR count). The van der Waals surface area contributed by atoms with Gasteiger partial charge in [-0.3, -0.25) is 0 Å². The Morgan fingerprint density at radius 3 is 2.73 bits per heavy atom. The van der Waals surface area contributed by atoms with Crippen LogP contribution in [0.25, 0.3) is 11.6 Å². The fourth-order valence-corrected chi connectivity index (χ4v) is 4.26. The van der Waals surface area contributed by atoms with Crippen LogP contribution in [-0.2, 0) is 17.6 Å². The zero-order valence-electron chi connectivity index (χ0n) is 15.1. The van der Waals surface area contributed by atoms with Gasteiger partial charge in [0.25, 0.3) is 0 Å². The van der Waals surface area contributed by atoms with Gasteiger partial charge < -0.3 is 10.0 Å². The number of carbonyl (C=O) groups is 1. The molecule has 0 aliphatic heterocycles. The average molecular weight is 390 g/mol. The lowest BCUT2D eigenvalue weighted by atomic mass is 9.95. The second kappa shape index (κ2) is 9.17. The lowest BCUT2D eigenvalue weighted by Crippen LogP contribution is -2.12. The predicted octanol–water partition coefficient (Wildman–Crippen LogP) is 4.75. The van der Waals surface area contributed by atoms with Crippen LogP contribution in [0.2, 0.25) is 0 Å². The van der Waals surface area contributed by atoms with E-state index in [1.54, 1.807) is 17.4 Å². The fraction of sp³-hybridized carbons (Fsp3) is 0.286. The van der Waals surface area contributed by atoms with Crippen LogP contribution in [0.15, 0.2) is 42.5 Å². The van der Waals surface area contributed by atoms with Crippen LogP contribution in [0, 0.1) is 0 Å². The number of fused-ring (bicyclic) bond motifs is 2. The van der Waals surface area contributed by atoms with E-state index < -0.39 is 5.97 Å². The van der Waals surface area contributed by atoms with E-state index in [1.807, 2.05) is 0 Å². The summed E-state index contributed by atoms with van der Waals surface area (Å²) in [6.07, 6.45) is 8.27. The minimum Gasteiger partial charge on any atom is -0.478 e. The Hall–Kier alpha value is -1.88. The van der Waals surface area contributed by atoms with Crippen LogP contribution in [0.1, 0.15) is 32.9 Å². The van der Waals surface area contributed by atoms with Gasteiger partial charge >= 0.3 is 5.97 Å². The molecule has 0 amide bonds. The molecule has 0 unspecified atom stereocenters. The van der Waals surface area contributed by atoms with Crippen molar-refractivity contribution in [3.63, 3.8) is 0 Å². The van der Waals surface area contributed by atoms with E-state index in [9.17, 15) is 4.79 Å². The third-order valence-corrected chi connectivity index (χ3v) is 5.52. The minimum absolute atomic E-state index is 0. The maximum absolute atomic E-state index is 10.8. The van der Waals surface area contributed by atoms with E-state index in [2.05, 4.69) is 55.4 Å². The number of benzene rings is 1. The lowest BCUT2D eigenvalue weighted by Gasteiger charge is -2.11. The first-order valence-electron chi connectivity index (χ1n) is 8.52. The molecule has 3 nitrogen and oxygen atoms in total. The van der Waals surface area contributed by atoms with E-state index in [0.29, 0.717) is 0 Å². The van der Waals surface area contributed by atoms with Gasteiger partial charge in [-0.1, -0.05) is 30.3 Å². The Bertz CT molecular complexity index is 836. The summed E-state index contributed by atoms with van der Waals surface area (Å²) in [5, 5.41) is 8.87. The lowest BCUT2D eigenvalue weighted by molar-refractivity contribution is -0.131. The van der Waals surface area contributed by atoms with Crippen LogP contribution in [0.5, 0.6) is 0 Å². The molecule has 0 fully saturated rings. The topological polar surface area (TPSA) is 40.5 Å². The molecule has 0 spiro atoms. The number of thiophene rings is 1. The van der Waals surface area contributed by atoms with Crippen LogP contribution in [-0.4, -0.2) is 36.6 Å².